The molecule has 0 saturated carbocycles. The molecule has 0 spiro atoms. The lowest BCUT2D eigenvalue weighted by Crippen LogP contribution is -2.23. The first-order valence-electron chi connectivity index (χ1n) is 5.58. The maximum absolute atomic E-state index is 11.7. The van der Waals surface area contributed by atoms with Crippen molar-refractivity contribution >= 4 is 29.5 Å². The topological polar surface area (TPSA) is 108 Å². The zero-order valence-electron chi connectivity index (χ0n) is 10.5. The number of rotatable bonds is 5. The maximum Gasteiger partial charge on any atom is 0.236 e. The number of hydrogen-bond donors (Lipinski definition) is 1. The number of carboxylic acid groups (broad SMARTS) is 1. The molecule has 20 heavy (non-hydrogen) atoms. The molecule has 7 nitrogen and oxygen atoms in total. The first-order valence-corrected chi connectivity index (χ1v) is 6.57. The van der Waals surface area contributed by atoms with Crippen molar-refractivity contribution in [2.45, 2.75) is 11.9 Å². The lowest BCUT2D eigenvalue weighted by Gasteiger charge is -2.07. The van der Waals surface area contributed by atoms with Gasteiger partial charge >= 0.3 is 0 Å². The van der Waals surface area contributed by atoms with Gasteiger partial charge in [-0.2, -0.15) is 0 Å². The van der Waals surface area contributed by atoms with Crippen LogP contribution in [-0.2, 0) is 4.79 Å². The van der Waals surface area contributed by atoms with Crippen LogP contribution in [-0.4, -0.2) is 27.8 Å². The first kappa shape index (κ1) is 14.1. The molecule has 0 radical (unpaired) electrons. The van der Waals surface area contributed by atoms with Gasteiger partial charge in [0.1, 0.15) is 10.8 Å². The number of amides is 1. The number of anilines is 1. The number of carboxylic acids is 1. The van der Waals surface area contributed by atoms with E-state index in [-0.39, 0.29) is 22.2 Å². The third-order valence-corrected chi connectivity index (χ3v) is 3.23. The molecule has 1 N–H and O–H groups in total. The Labute approximate surface area is 118 Å². The quantitative estimate of drug-likeness (QED) is 0.798. The van der Waals surface area contributed by atoms with Gasteiger partial charge in [-0.25, -0.2) is 4.98 Å². The van der Waals surface area contributed by atoms with Crippen molar-refractivity contribution in [1.82, 2.24) is 10.1 Å². The minimum atomic E-state index is -1.33. The van der Waals surface area contributed by atoms with Crippen LogP contribution in [0.3, 0.4) is 0 Å². The third kappa shape index (κ3) is 3.58. The average Bonchev–Trinajstić information content (AvgIpc) is 2.82. The Bertz CT molecular complexity index is 641. The molecule has 2 rings (SSSR count). The van der Waals surface area contributed by atoms with Gasteiger partial charge in [0.05, 0.1) is 11.7 Å². The normalized spacial score (nSPS) is 10.2. The summed E-state index contributed by atoms with van der Waals surface area (Å²) in [5.41, 5.74) is -0.0393. The number of carbonyl (C=O) groups excluding carboxylic acids is 2. The number of hydrogen-bond acceptors (Lipinski definition) is 7. The second kappa shape index (κ2) is 6.20. The summed E-state index contributed by atoms with van der Waals surface area (Å²) < 4.78 is 4.81. The molecular formula is C12H10N3O4S-. The maximum atomic E-state index is 11.7. The Morgan fingerprint density at radius 1 is 1.50 bits per heavy atom. The number of aromatic carboxylic acids is 1. The molecule has 2 heterocycles. The van der Waals surface area contributed by atoms with Gasteiger partial charge in [0.15, 0.2) is 5.82 Å². The Morgan fingerprint density at radius 2 is 2.30 bits per heavy atom. The van der Waals surface area contributed by atoms with Crippen molar-refractivity contribution < 1.29 is 19.2 Å². The van der Waals surface area contributed by atoms with Crippen LogP contribution in [0.25, 0.3) is 0 Å². The van der Waals surface area contributed by atoms with Crippen molar-refractivity contribution in [2.75, 3.05) is 11.1 Å². The monoisotopic (exact) mass is 292 g/mol. The third-order valence-electron chi connectivity index (χ3n) is 2.23. The molecule has 0 aliphatic rings. The van der Waals surface area contributed by atoms with Gasteiger partial charge < -0.3 is 19.7 Å². The van der Waals surface area contributed by atoms with Gasteiger partial charge in [0.2, 0.25) is 5.91 Å². The molecule has 0 fully saturated rings. The van der Waals surface area contributed by atoms with E-state index in [0.29, 0.717) is 11.6 Å². The van der Waals surface area contributed by atoms with E-state index in [1.165, 1.54) is 18.3 Å². The highest BCUT2D eigenvalue weighted by Gasteiger charge is 2.10. The summed E-state index contributed by atoms with van der Waals surface area (Å²) >= 11 is 1.01. The molecule has 2 aromatic rings. The van der Waals surface area contributed by atoms with Crippen LogP contribution in [0.1, 0.15) is 16.1 Å². The van der Waals surface area contributed by atoms with Gasteiger partial charge in [-0.1, -0.05) is 16.9 Å². The number of carbonyl (C=O) groups is 2. The van der Waals surface area contributed by atoms with Gasteiger partial charge in [0.25, 0.3) is 0 Å². The van der Waals surface area contributed by atoms with Crippen LogP contribution in [0.2, 0.25) is 0 Å². The van der Waals surface area contributed by atoms with Crippen molar-refractivity contribution in [1.29, 1.82) is 0 Å². The second-order valence-electron chi connectivity index (χ2n) is 3.80. The van der Waals surface area contributed by atoms with E-state index in [0.717, 1.165) is 11.8 Å². The van der Waals surface area contributed by atoms with Gasteiger partial charge in [0, 0.05) is 17.8 Å². The number of thioether (sulfide) groups is 1. The van der Waals surface area contributed by atoms with Gasteiger partial charge in [-0.3, -0.25) is 4.79 Å². The zero-order valence-corrected chi connectivity index (χ0v) is 11.3. The lowest BCUT2D eigenvalue weighted by atomic mass is 10.3. The summed E-state index contributed by atoms with van der Waals surface area (Å²) in [6.45, 7) is 1.71. The van der Waals surface area contributed by atoms with Crippen LogP contribution < -0.4 is 10.4 Å². The predicted octanol–water partition coefficient (Wildman–Crippen LogP) is 0.472. The standard InChI is InChI=1S/C12H11N3O4S/c1-7-5-9(15-19-7)14-10(16)6-20-11-8(12(17)18)3-2-4-13-11/h2-5H,6H2,1H3,(H,17,18)(H,14,15,16)/p-1. The molecule has 2 aromatic heterocycles. The van der Waals surface area contributed by atoms with E-state index >= 15 is 0 Å². The highest BCUT2D eigenvalue weighted by molar-refractivity contribution is 8.00. The van der Waals surface area contributed by atoms with E-state index in [1.54, 1.807) is 13.0 Å². The van der Waals surface area contributed by atoms with Gasteiger partial charge in [-0.15, -0.1) is 0 Å². The fourth-order valence-corrected chi connectivity index (χ4v) is 2.18. The number of pyridine rings is 1. The minimum Gasteiger partial charge on any atom is -0.545 e. The summed E-state index contributed by atoms with van der Waals surface area (Å²) in [5, 5.41) is 17.3. The number of aromatic nitrogens is 2. The van der Waals surface area contributed by atoms with E-state index in [1.807, 2.05) is 0 Å². The summed E-state index contributed by atoms with van der Waals surface area (Å²) in [6.07, 6.45) is 1.45. The Hall–Kier alpha value is -2.35. The Balaban J connectivity index is 1.95. The number of aryl methyl sites for hydroxylation is 1. The summed E-state index contributed by atoms with van der Waals surface area (Å²) in [6, 6.07) is 4.45. The van der Waals surface area contributed by atoms with Crippen LogP contribution in [0.4, 0.5) is 5.82 Å². The number of nitrogens with zero attached hydrogens (tertiary/aromatic N) is 2. The van der Waals surface area contributed by atoms with Crippen LogP contribution >= 0.6 is 11.8 Å². The fraction of sp³-hybridized carbons (Fsp3) is 0.167. The molecule has 0 atom stereocenters. The van der Waals surface area contributed by atoms with Crippen molar-refractivity contribution in [3.63, 3.8) is 0 Å². The zero-order chi connectivity index (χ0) is 14.5. The van der Waals surface area contributed by atoms with Gasteiger partial charge in [-0.05, 0) is 19.1 Å². The molecular weight excluding hydrogens is 282 g/mol. The van der Waals surface area contributed by atoms with Crippen molar-refractivity contribution in [2.24, 2.45) is 0 Å². The average molecular weight is 292 g/mol. The Morgan fingerprint density at radius 3 is 2.95 bits per heavy atom. The van der Waals surface area contributed by atoms with Crippen LogP contribution in [0, 0.1) is 6.92 Å². The predicted molar refractivity (Wildman–Crippen MR) is 69.2 cm³/mol. The summed E-state index contributed by atoms with van der Waals surface area (Å²) in [5.74, 6) is -0.763. The summed E-state index contributed by atoms with van der Waals surface area (Å²) in [7, 11) is 0. The second-order valence-corrected chi connectivity index (χ2v) is 4.77. The molecule has 0 bridgehead atoms. The Kier molecular flexibility index (Phi) is 4.36. The van der Waals surface area contributed by atoms with Crippen LogP contribution in [0.15, 0.2) is 33.9 Å². The molecule has 1 amide bonds. The van der Waals surface area contributed by atoms with E-state index in [9.17, 15) is 14.7 Å². The highest BCUT2D eigenvalue weighted by atomic mass is 32.2. The molecule has 0 unspecified atom stereocenters. The van der Waals surface area contributed by atoms with E-state index in [4.69, 9.17) is 4.52 Å². The molecule has 0 saturated heterocycles. The van der Waals surface area contributed by atoms with Crippen molar-refractivity contribution in [3.8, 4) is 0 Å². The number of nitrogens with one attached hydrogen (secondary N) is 1. The SMILES string of the molecule is Cc1cc(NC(=O)CSc2ncccc2C(=O)[O-])no1. The molecule has 0 aromatic carbocycles. The molecule has 0 aliphatic carbocycles. The van der Waals surface area contributed by atoms with Crippen LogP contribution in [0.5, 0.6) is 0 Å². The molecule has 8 heteroatoms. The lowest BCUT2D eigenvalue weighted by molar-refractivity contribution is -0.255. The first-order chi connectivity index (χ1) is 9.56. The largest absolute Gasteiger partial charge is 0.545 e. The molecule has 0 aliphatic heterocycles. The summed E-state index contributed by atoms with van der Waals surface area (Å²) in [4.78, 5) is 26.5. The smallest absolute Gasteiger partial charge is 0.236 e. The highest BCUT2D eigenvalue weighted by Crippen LogP contribution is 2.19. The van der Waals surface area contributed by atoms with E-state index in [2.05, 4.69) is 15.5 Å². The molecule has 104 valence electrons. The fourth-order valence-electron chi connectivity index (χ4n) is 1.40. The minimum absolute atomic E-state index is 0.00318. The van der Waals surface area contributed by atoms with Crippen molar-refractivity contribution in [3.05, 3.63) is 35.7 Å². The van der Waals surface area contributed by atoms with E-state index < -0.39 is 5.97 Å².